The third kappa shape index (κ3) is 20.5. The predicted molar refractivity (Wildman–Crippen MR) is 170 cm³/mol. The van der Waals surface area contributed by atoms with Gasteiger partial charge in [0.25, 0.3) is 5.91 Å². The number of aliphatic carboxylic acids is 1. The van der Waals surface area contributed by atoms with E-state index < -0.39 is 27.1 Å². The average molecular weight is 737 g/mol. The molecule has 272 valence electrons. The second-order valence-corrected chi connectivity index (χ2v) is 17.0. The smallest absolute Gasteiger partial charge is 0.430 e. The van der Waals surface area contributed by atoms with Crippen molar-refractivity contribution in [3.63, 3.8) is 0 Å². The summed E-state index contributed by atoms with van der Waals surface area (Å²) in [4.78, 5) is 56.3. The number of fused-ring (bicyclic) bond motifs is 1. The summed E-state index contributed by atoms with van der Waals surface area (Å²) in [5, 5.41) is 23.7. The minimum Gasteiger partial charge on any atom is -0.542 e. The Kier molecular flexibility index (Phi) is 20.1. The number of unbranched alkanes of at least 4 members (excludes halogenated alkanes) is 4. The van der Waals surface area contributed by atoms with Crippen LogP contribution in [0.5, 0.6) is 0 Å². The van der Waals surface area contributed by atoms with Gasteiger partial charge in [0.1, 0.15) is 5.97 Å². The summed E-state index contributed by atoms with van der Waals surface area (Å²) in [5.41, 5.74) is 3.85. The third-order valence-corrected chi connectivity index (χ3v) is 11.2. The molecule has 8 N–H and O–H groups in total. The summed E-state index contributed by atoms with van der Waals surface area (Å²) in [6.07, 6.45) is 4.34. The topological polar surface area (TPSA) is 230 Å². The SMILES string of the molecule is CS(=O)(=O)SCCNC(=O)C([NH3+])CCCCNC(=O)CCCCCNC(=O)CCCCC1SCC2NC(=O)NC21.O=C([O-])C(F)(F)F. The number of carboxylic acid groups (broad SMARTS) is 1. The Bertz CT molecular complexity index is 1130. The van der Waals surface area contributed by atoms with Gasteiger partial charge in [0.2, 0.25) is 11.8 Å². The number of hydrogen-bond acceptors (Lipinski definition) is 10. The molecule has 0 aliphatic carbocycles. The fourth-order valence-electron chi connectivity index (χ4n) is 4.65. The molecule has 0 aromatic carbocycles. The Morgan fingerprint density at radius 2 is 1.53 bits per heavy atom. The number of alkyl halides is 3. The summed E-state index contributed by atoms with van der Waals surface area (Å²) >= 11 is 1.89. The number of rotatable bonds is 21. The molecular weight excluding hydrogens is 690 g/mol. The first-order chi connectivity index (χ1) is 22.0. The molecule has 0 bridgehead atoms. The molecule has 14 nitrogen and oxygen atoms in total. The lowest BCUT2D eigenvalue weighted by molar-refractivity contribution is -0.405. The largest absolute Gasteiger partial charge is 0.542 e. The van der Waals surface area contributed by atoms with Crippen molar-refractivity contribution >= 4 is 61.1 Å². The van der Waals surface area contributed by atoms with Crippen LogP contribution in [0.2, 0.25) is 0 Å². The molecule has 0 radical (unpaired) electrons. The normalized spacial score (nSPS) is 19.3. The first kappa shape index (κ1) is 42.6. The second kappa shape index (κ2) is 22.2. The number of carbonyl (C=O) groups excluding carboxylic acids is 5. The highest BCUT2D eigenvalue weighted by molar-refractivity contribution is 8.71. The molecule has 2 aliphatic heterocycles. The predicted octanol–water partition coefficient (Wildman–Crippen LogP) is -0.607. The Morgan fingerprint density at radius 1 is 0.957 bits per heavy atom. The van der Waals surface area contributed by atoms with Crippen molar-refractivity contribution in [2.75, 3.05) is 37.4 Å². The summed E-state index contributed by atoms with van der Waals surface area (Å²) in [7, 11) is -2.30. The number of carbonyl (C=O) groups is 5. The monoisotopic (exact) mass is 736 g/mol. The fraction of sp³-hybridized carbons (Fsp3) is 0.815. The number of urea groups is 1. The lowest BCUT2D eigenvalue weighted by Crippen LogP contribution is -2.67. The lowest BCUT2D eigenvalue weighted by Gasteiger charge is -2.16. The number of quaternary nitrogens is 1. The molecule has 2 saturated heterocycles. The minimum absolute atomic E-state index is 0.0102. The first-order valence-electron chi connectivity index (χ1n) is 15.4. The molecule has 2 heterocycles. The van der Waals surface area contributed by atoms with Crippen molar-refractivity contribution in [2.45, 2.75) is 100 Å². The van der Waals surface area contributed by atoms with Gasteiger partial charge in [0, 0.05) is 61.9 Å². The van der Waals surface area contributed by atoms with Gasteiger partial charge in [-0.25, -0.2) is 13.2 Å². The molecule has 0 spiro atoms. The van der Waals surface area contributed by atoms with Crippen LogP contribution in [0.15, 0.2) is 0 Å². The highest BCUT2D eigenvalue weighted by atomic mass is 33.1. The maximum atomic E-state index is 12.1. The van der Waals surface area contributed by atoms with E-state index in [0.717, 1.165) is 74.2 Å². The Hall–Kier alpha value is -2.45. The molecule has 20 heteroatoms. The van der Waals surface area contributed by atoms with Gasteiger partial charge in [-0.3, -0.25) is 14.4 Å². The van der Waals surface area contributed by atoms with E-state index in [4.69, 9.17) is 9.90 Å². The molecule has 0 saturated carbocycles. The number of hydrogen-bond donors (Lipinski definition) is 6. The molecule has 47 heavy (non-hydrogen) atoms. The van der Waals surface area contributed by atoms with Crippen LogP contribution in [0.25, 0.3) is 0 Å². The Labute approximate surface area is 281 Å². The lowest BCUT2D eigenvalue weighted by atomic mass is 10.0. The van der Waals surface area contributed by atoms with E-state index in [1.54, 1.807) is 0 Å². The molecule has 2 aliphatic rings. The van der Waals surface area contributed by atoms with Gasteiger partial charge < -0.3 is 42.2 Å². The van der Waals surface area contributed by atoms with Crippen molar-refractivity contribution in [2.24, 2.45) is 0 Å². The molecule has 0 aromatic heterocycles. The van der Waals surface area contributed by atoms with E-state index in [0.29, 0.717) is 43.4 Å². The second-order valence-electron chi connectivity index (χ2n) is 11.2. The Balaban J connectivity index is 0.00000141. The van der Waals surface area contributed by atoms with Crippen LogP contribution < -0.4 is 37.4 Å². The van der Waals surface area contributed by atoms with Crippen molar-refractivity contribution < 1.29 is 56.4 Å². The fourth-order valence-corrected chi connectivity index (χ4v) is 7.84. The van der Waals surface area contributed by atoms with Gasteiger partial charge in [-0.2, -0.15) is 24.9 Å². The zero-order valence-electron chi connectivity index (χ0n) is 26.5. The highest BCUT2D eigenvalue weighted by Gasteiger charge is 2.42. The van der Waals surface area contributed by atoms with Gasteiger partial charge in [0.05, 0.1) is 12.1 Å². The van der Waals surface area contributed by atoms with Crippen LogP contribution in [0, 0.1) is 0 Å². The molecule has 2 rings (SSSR count). The molecule has 0 aromatic rings. The maximum absolute atomic E-state index is 12.1. The van der Waals surface area contributed by atoms with Crippen LogP contribution >= 0.6 is 22.6 Å². The van der Waals surface area contributed by atoms with Crippen LogP contribution in [0.4, 0.5) is 18.0 Å². The van der Waals surface area contributed by atoms with E-state index in [1.165, 1.54) is 0 Å². The molecule has 5 amide bonds. The van der Waals surface area contributed by atoms with Crippen LogP contribution in [-0.4, -0.2) is 105 Å². The van der Waals surface area contributed by atoms with Crippen molar-refractivity contribution in [3.8, 4) is 0 Å². The van der Waals surface area contributed by atoms with Gasteiger partial charge in [-0.1, -0.05) is 12.8 Å². The summed E-state index contributed by atoms with van der Waals surface area (Å²) in [6, 6.07) is -0.0168. The molecule has 4 unspecified atom stereocenters. The summed E-state index contributed by atoms with van der Waals surface area (Å²) < 4.78 is 53.7. The minimum atomic E-state index is -5.19. The van der Waals surface area contributed by atoms with Gasteiger partial charge in [0.15, 0.2) is 14.9 Å². The van der Waals surface area contributed by atoms with Gasteiger partial charge in [-0.05, 0) is 49.3 Å². The number of halogens is 3. The van der Waals surface area contributed by atoms with Gasteiger partial charge >= 0.3 is 12.2 Å². The summed E-state index contributed by atoms with van der Waals surface area (Å²) in [6.45, 7) is 1.46. The van der Waals surface area contributed by atoms with Crippen molar-refractivity contribution in [3.05, 3.63) is 0 Å². The van der Waals surface area contributed by atoms with E-state index in [1.807, 2.05) is 11.8 Å². The number of nitrogens with one attached hydrogen (secondary N) is 5. The number of amides is 5. The number of carboxylic acids is 1. The third-order valence-electron chi connectivity index (χ3n) is 7.09. The van der Waals surface area contributed by atoms with E-state index in [-0.39, 0.29) is 42.4 Å². The van der Waals surface area contributed by atoms with Crippen LogP contribution in [-0.2, 0) is 28.0 Å². The van der Waals surface area contributed by atoms with Crippen molar-refractivity contribution in [1.82, 2.24) is 26.6 Å². The zero-order chi connectivity index (χ0) is 35.5. The maximum Gasteiger partial charge on any atom is 0.430 e. The van der Waals surface area contributed by atoms with Crippen LogP contribution in [0.3, 0.4) is 0 Å². The molecular formula is C27H47F3N6O8S3. The standard InChI is InChI=1S/C25H46N6O6S3.C2HF3O2/c1-40(36,37)39-16-15-29-24(34)18(26)9-6-8-14-28-21(32)11-3-2-7-13-27-22(33)12-5-4-10-20-23-19(17-38-20)30-25(35)31-23;3-2(4,5)1(6)7/h18-20,23H,2-17,26H2,1H3,(H,27,33)(H,28,32)(H,29,34)(H2,30,31,35);(H,6,7). The molecule has 2 fully saturated rings. The average Bonchev–Trinajstić information content (AvgIpc) is 3.53. The summed E-state index contributed by atoms with van der Waals surface area (Å²) in [5.74, 6) is -1.86. The van der Waals surface area contributed by atoms with E-state index >= 15 is 0 Å². The van der Waals surface area contributed by atoms with Gasteiger partial charge in [-0.15, -0.1) is 0 Å². The highest BCUT2D eigenvalue weighted by Crippen LogP contribution is 2.33. The van der Waals surface area contributed by atoms with E-state index in [2.05, 4.69) is 32.3 Å². The van der Waals surface area contributed by atoms with Crippen molar-refractivity contribution in [1.29, 1.82) is 0 Å². The van der Waals surface area contributed by atoms with Crippen LogP contribution in [0.1, 0.15) is 70.6 Å². The Morgan fingerprint density at radius 3 is 2.11 bits per heavy atom. The quantitative estimate of drug-likeness (QED) is 0.0498. The zero-order valence-corrected chi connectivity index (χ0v) is 28.9. The first-order valence-corrected chi connectivity index (χ1v) is 19.9. The molecule has 4 atom stereocenters. The number of thioether (sulfide) groups is 1. The van der Waals surface area contributed by atoms with E-state index in [9.17, 15) is 40.8 Å².